The van der Waals surface area contributed by atoms with Gasteiger partial charge in [0, 0.05) is 62.1 Å². The maximum absolute atomic E-state index is 12.5. The van der Waals surface area contributed by atoms with E-state index in [9.17, 15) is 9.59 Å². The van der Waals surface area contributed by atoms with Crippen LogP contribution in [0.1, 0.15) is 147 Å². The summed E-state index contributed by atoms with van der Waals surface area (Å²) >= 11 is 0. The highest BCUT2D eigenvalue weighted by atomic mass is 16.5. The van der Waals surface area contributed by atoms with Gasteiger partial charge in [0.05, 0.1) is 52.2 Å². The number of unbranched alkanes of at least 4 members (excludes halogenated alkanes) is 3. The molecule has 0 saturated carbocycles. The van der Waals surface area contributed by atoms with Gasteiger partial charge in [-0.25, -0.2) is 0 Å². The van der Waals surface area contributed by atoms with Gasteiger partial charge in [-0.15, -0.1) is 13.2 Å². The van der Waals surface area contributed by atoms with Gasteiger partial charge in [0.25, 0.3) is 0 Å². The molecule has 0 saturated heterocycles. The first-order chi connectivity index (χ1) is 26.6. The molecule has 0 aliphatic rings. The first-order valence-corrected chi connectivity index (χ1v) is 21.8. The molecule has 326 valence electrons. The smallest absolute Gasteiger partial charge is 0.307 e. The van der Waals surface area contributed by atoms with Crippen LogP contribution in [0.25, 0.3) is 0 Å². The lowest BCUT2D eigenvalue weighted by Crippen LogP contribution is -2.32. The van der Waals surface area contributed by atoms with Crippen LogP contribution >= 0.6 is 0 Å². The molecule has 0 amide bonds. The van der Waals surface area contributed by atoms with E-state index in [0.717, 1.165) is 104 Å². The van der Waals surface area contributed by atoms with Gasteiger partial charge in [0.2, 0.25) is 0 Å². The number of hydrogen-bond acceptors (Lipinski definition) is 10. The number of carbonyl (C=O) groups excluding carboxylic acids is 2. The van der Waals surface area contributed by atoms with Crippen LogP contribution in [0.15, 0.2) is 33.1 Å². The average molecular weight is 789 g/mol. The van der Waals surface area contributed by atoms with Gasteiger partial charge in [-0.3, -0.25) is 39.4 Å². The van der Waals surface area contributed by atoms with Gasteiger partial charge in [0.15, 0.2) is 0 Å². The summed E-state index contributed by atoms with van der Waals surface area (Å²) in [5.41, 5.74) is 4.74. The summed E-state index contributed by atoms with van der Waals surface area (Å²) in [4.78, 5) is 48.7. The summed E-state index contributed by atoms with van der Waals surface area (Å²) in [5.74, 6) is 2.09. The van der Waals surface area contributed by atoms with Crippen molar-refractivity contribution in [2.24, 2.45) is 43.6 Å². The van der Waals surface area contributed by atoms with Crippen molar-refractivity contribution in [1.82, 2.24) is 9.80 Å². The van der Waals surface area contributed by atoms with Crippen LogP contribution in [0.5, 0.6) is 0 Å². The fourth-order valence-electron chi connectivity index (χ4n) is 6.39. The van der Waals surface area contributed by atoms with Gasteiger partial charge in [-0.1, -0.05) is 55.4 Å². The van der Waals surface area contributed by atoms with Crippen LogP contribution < -0.4 is 0 Å². The Balaban J connectivity index is 0. The van der Waals surface area contributed by atoms with Gasteiger partial charge in [-0.05, 0) is 103 Å². The number of carbonyl (C=O) groups is 2. The van der Waals surface area contributed by atoms with Gasteiger partial charge < -0.3 is 9.47 Å². The molecule has 56 heavy (non-hydrogen) atoms. The lowest BCUT2D eigenvalue weighted by atomic mass is 10.1. The van der Waals surface area contributed by atoms with E-state index in [1.165, 1.54) is 22.8 Å². The molecule has 0 rings (SSSR count). The molecule has 0 fully saturated rings. The van der Waals surface area contributed by atoms with Crippen molar-refractivity contribution in [3.05, 3.63) is 13.2 Å². The van der Waals surface area contributed by atoms with E-state index in [1.807, 2.05) is 0 Å². The van der Waals surface area contributed by atoms with E-state index in [4.69, 9.17) is 29.4 Å². The summed E-state index contributed by atoms with van der Waals surface area (Å²) in [5, 5.41) is 0. The van der Waals surface area contributed by atoms with Crippen molar-refractivity contribution in [3.63, 3.8) is 0 Å². The number of rotatable bonds is 33. The Morgan fingerprint density at radius 2 is 0.696 bits per heavy atom. The largest absolute Gasteiger partial charge is 0.466 e. The van der Waals surface area contributed by atoms with Crippen molar-refractivity contribution in [2.45, 2.75) is 147 Å². The molecule has 0 radical (unpaired) electrons. The summed E-state index contributed by atoms with van der Waals surface area (Å²) in [7, 11) is 0. The van der Waals surface area contributed by atoms with Crippen LogP contribution in [-0.4, -0.2) is 123 Å². The maximum atomic E-state index is 12.5. The minimum Gasteiger partial charge on any atom is -0.466 e. The van der Waals surface area contributed by atoms with Gasteiger partial charge >= 0.3 is 11.9 Å². The van der Waals surface area contributed by atoms with E-state index in [2.05, 4.69) is 106 Å². The topological polar surface area (TPSA) is 109 Å². The molecular weight excluding hydrogens is 701 g/mol. The fourth-order valence-corrected chi connectivity index (χ4v) is 6.39. The Hall–Kier alpha value is -2.72. The molecule has 0 heterocycles. The molecule has 0 aliphatic carbocycles. The molecular formula is C46H88N6O4. The van der Waals surface area contributed by atoms with Crippen LogP contribution in [0.4, 0.5) is 0 Å². The number of nitrogens with zero attached hydrogens (tertiary/aromatic N) is 6. The zero-order valence-electron chi connectivity index (χ0n) is 38.6. The Labute approximate surface area is 345 Å². The first kappa shape index (κ1) is 55.4. The average Bonchev–Trinajstić information content (AvgIpc) is 3.09. The predicted molar refractivity (Wildman–Crippen MR) is 243 cm³/mol. The molecule has 10 heteroatoms. The van der Waals surface area contributed by atoms with E-state index in [-0.39, 0.29) is 11.9 Å². The monoisotopic (exact) mass is 789 g/mol. The van der Waals surface area contributed by atoms with Crippen molar-refractivity contribution < 1.29 is 19.1 Å². The molecule has 0 N–H and O–H groups in total. The summed E-state index contributed by atoms with van der Waals surface area (Å²) < 4.78 is 11.1. The lowest BCUT2D eigenvalue weighted by molar-refractivity contribution is -0.145. The quantitative estimate of drug-likeness (QED) is 0.0284. The second-order valence-corrected chi connectivity index (χ2v) is 16.9. The molecule has 0 unspecified atom stereocenters. The van der Waals surface area contributed by atoms with Crippen LogP contribution in [0, 0.1) is 23.7 Å². The highest BCUT2D eigenvalue weighted by Gasteiger charge is 2.12. The summed E-state index contributed by atoms with van der Waals surface area (Å²) in [6, 6.07) is 0. The zero-order chi connectivity index (χ0) is 42.7. The molecule has 0 bridgehead atoms. The third-order valence-corrected chi connectivity index (χ3v) is 8.84. The highest BCUT2D eigenvalue weighted by Crippen LogP contribution is 2.07. The molecule has 0 spiro atoms. The zero-order valence-corrected chi connectivity index (χ0v) is 38.6. The summed E-state index contributed by atoms with van der Waals surface area (Å²) in [6.45, 7) is 40.4. The molecule has 0 atom stereocenters. The summed E-state index contributed by atoms with van der Waals surface area (Å²) in [6.07, 6.45) is 8.27. The minimum atomic E-state index is -0.156. The normalized spacial score (nSPS) is 13.0. The number of ether oxygens (including phenoxy) is 2. The Morgan fingerprint density at radius 3 is 0.929 bits per heavy atom. The SMILES string of the molecule is C=C.CC(CC(C)C)=NCCN(CCN=C(C)CC(C)C)CCC(=O)OCCCCCCOC(=O)CCN(CCN=C(C)CC(C)C)CCN=C(C)CC(C)C. The van der Waals surface area contributed by atoms with Gasteiger partial charge in [0.1, 0.15) is 0 Å². The van der Waals surface area contributed by atoms with E-state index in [0.29, 0.717) is 62.8 Å². The Bertz CT molecular complexity index is 983. The Morgan fingerprint density at radius 1 is 0.446 bits per heavy atom. The van der Waals surface area contributed by atoms with Crippen LogP contribution in [0.2, 0.25) is 0 Å². The standard InChI is InChI=1S/C44H84N6O4.C2H4/c1-35(2)31-39(9)45-19-25-49(26-20-46-40(10)32-36(3)4)23-17-43(51)53-29-15-13-14-16-30-54-44(52)18-24-50(27-21-47-41(11)33-37(5)6)28-22-48-42(12)34-38(7)8;1-2/h35-38H,13-34H2,1-12H3;1-2H2. The lowest BCUT2D eigenvalue weighted by Gasteiger charge is -2.20. The van der Waals surface area contributed by atoms with E-state index < -0.39 is 0 Å². The van der Waals surface area contributed by atoms with E-state index in [1.54, 1.807) is 0 Å². The van der Waals surface area contributed by atoms with Crippen molar-refractivity contribution in [2.75, 3.05) is 78.7 Å². The number of aliphatic imine (C=N–C) groups is 4. The second-order valence-electron chi connectivity index (χ2n) is 16.9. The second kappa shape index (κ2) is 36.6. The van der Waals surface area contributed by atoms with E-state index >= 15 is 0 Å². The number of hydrogen-bond donors (Lipinski definition) is 0. The predicted octanol–water partition coefficient (Wildman–Crippen LogP) is 9.85. The molecule has 0 aromatic rings. The molecule has 10 nitrogen and oxygen atoms in total. The van der Waals surface area contributed by atoms with Crippen LogP contribution in [0.3, 0.4) is 0 Å². The minimum absolute atomic E-state index is 0.156. The fraction of sp³-hybridized carbons (Fsp3) is 0.826. The van der Waals surface area contributed by atoms with Gasteiger partial charge in [-0.2, -0.15) is 0 Å². The molecule has 0 aromatic carbocycles. The van der Waals surface area contributed by atoms with Crippen LogP contribution in [-0.2, 0) is 19.1 Å². The highest BCUT2D eigenvalue weighted by molar-refractivity contribution is 5.83. The number of esters is 2. The van der Waals surface area contributed by atoms with Crippen molar-refractivity contribution in [1.29, 1.82) is 0 Å². The third kappa shape index (κ3) is 38.2. The molecule has 0 aromatic heterocycles. The maximum Gasteiger partial charge on any atom is 0.307 e. The van der Waals surface area contributed by atoms with Crippen molar-refractivity contribution in [3.8, 4) is 0 Å². The third-order valence-electron chi connectivity index (χ3n) is 8.84. The van der Waals surface area contributed by atoms with Crippen molar-refractivity contribution >= 4 is 34.8 Å². The first-order valence-electron chi connectivity index (χ1n) is 21.8. The molecule has 0 aliphatic heterocycles. The Kier molecular flexibility index (Phi) is 36.2.